The fourth-order valence-electron chi connectivity index (χ4n) is 4.53. The first-order valence-electron chi connectivity index (χ1n) is 8.95. The van der Waals surface area contributed by atoms with E-state index in [1.54, 1.807) is 6.20 Å². The molecule has 5 nitrogen and oxygen atoms in total. The highest BCUT2D eigenvalue weighted by Gasteiger charge is 2.42. The van der Waals surface area contributed by atoms with Gasteiger partial charge in [0.1, 0.15) is 5.82 Å². The number of likely N-dealkylation sites (tertiary alicyclic amines) is 1. The van der Waals surface area contributed by atoms with Crippen molar-refractivity contribution < 1.29 is 9.90 Å². The van der Waals surface area contributed by atoms with Crippen molar-refractivity contribution in [2.45, 2.75) is 63.1 Å². The average molecular weight is 315 g/mol. The molecule has 5 heteroatoms. The van der Waals surface area contributed by atoms with Gasteiger partial charge in [-0.05, 0) is 57.1 Å². The SMILES string of the molecule is O=C(c1cccnc1N1C2CCC1CC(O)C2)N1CCCCC1. The number of carbonyl (C=O) groups excluding carboxylic acids is 1. The normalized spacial score (nSPS) is 30.6. The Morgan fingerprint density at radius 2 is 1.83 bits per heavy atom. The zero-order chi connectivity index (χ0) is 15.8. The van der Waals surface area contributed by atoms with Gasteiger partial charge < -0.3 is 14.9 Å². The molecule has 3 aliphatic heterocycles. The number of piperidine rings is 2. The molecule has 0 saturated carbocycles. The molecule has 1 aromatic heterocycles. The van der Waals surface area contributed by atoms with Crippen LogP contribution in [-0.4, -0.2) is 52.2 Å². The second-order valence-corrected chi connectivity index (χ2v) is 7.14. The Balaban J connectivity index is 1.64. The largest absolute Gasteiger partial charge is 0.393 e. The number of hydrogen-bond donors (Lipinski definition) is 1. The van der Waals surface area contributed by atoms with Crippen molar-refractivity contribution >= 4 is 11.7 Å². The van der Waals surface area contributed by atoms with E-state index in [2.05, 4.69) is 9.88 Å². The Labute approximate surface area is 137 Å². The van der Waals surface area contributed by atoms with E-state index in [0.717, 1.165) is 63.0 Å². The van der Waals surface area contributed by atoms with Crippen LogP contribution in [0.15, 0.2) is 18.3 Å². The van der Waals surface area contributed by atoms with Crippen LogP contribution in [0.1, 0.15) is 55.3 Å². The Hall–Kier alpha value is -1.62. The monoisotopic (exact) mass is 315 g/mol. The number of aliphatic hydroxyl groups excluding tert-OH is 1. The number of rotatable bonds is 2. The smallest absolute Gasteiger partial charge is 0.257 e. The fraction of sp³-hybridized carbons (Fsp3) is 0.667. The molecule has 124 valence electrons. The number of carbonyl (C=O) groups is 1. The minimum absolute atomic E-state index is 0.123. The summed E-state index contributed by atoms with van der Waals surface area (Å²) in [4.78, 5) is 21.9. The van der Waals surface area contributed by atoms with E-state index in [4.69, 9.17) is 0 Å². The van der Waals surface area contributed by atoms with Gasteiger partial charge in [-0.1, -0.05) is 0 Å². The summed E-state index contributed by atoms with van der Waals surface area (Å²) >= 11 is 0. The van der Waals surface area contributed by atoms with Crippen molar-refractivity contribution in [2.75, 3.05) is 18.0 Å². The minimum atomic E-state index is -0.200. The van der Waals surface area contributed by atoms with Crippen molar-refractivity contribution in [2.24, 2.45) is 0 Å². The molecule has 0 spiro atoms. The molecule has 23 heavy (non-hydrogen) atoms. The molecule has 0 radical (unpaired) electrons. The molecule has 3 aliphatic rings. The minimum Gasteiger partial charge on any atom is -0.393 e. The van der Waals surface area contributed by atoms with E-state index in [1.807, 2.05) is 17.0 Å². The summed E-state index contributed by atoms with van der Waals surface area (Å²) in [7, 11) is 0. The Morgan fingerprint density at radius 1 is 1.13 bits per heavy atom. The number of pyridine rings is 1. The van der Waals surface area contributed by atoms with Crippen LogP contribution in [0.5, 0.6) is 0 Å². The third-order valence-corrected chi connectivity index (χ3v) is 5.61. The van der Waals surface area contributed by atoms with Crippen molar-refractivity contribution in [1.82, 2.24) is 9.88 Å². The van der Waals surface area contributed by atoms with E-state index < -0.39 is 0 Å². The molecule has 0 aromatic carbocycles. The summed E-state index contributed by atoms with van der Waals surface area (Å²) in [6.45, 7) is 1.72. The lowest BCUT2D eigenvalue weighted by Gasteiger charge is -2.39. The molecule has 1 amide bonds. The lowest BCUT2D eigenvalue weighted by Crippen LogP contribution is -2.46. The number of hydrogen-bond acceptors (Lipinski definition) is 4. The van der Waals surface area contributed by atoms with Gasteiger partial charge in [0.2, 0.25) is 0 Å². The number of fused-ring (bicyclic) bond motifs is 2. The summed E-state index contributed by atoms with van der Waals surface area (Å²) in [5.74, 6) is 0.959. The molecule has 3 saturated heterocycles. The summed E-state index contributed by atoms with van der Waals surface area (Å²) in [5.41, 5.74) is 0.739. The number of nitrogens with zero attached hydrogens (tertiary/aromatic N) is 3. The van der Waals surface area contributed by atoms with Gasteiger partial charge >= 0.3 is 0 Å². The van der Waals surface area contributed by atoms with Crippen LogP contribution in [-0.2, 0) is 0 Å². The van der Waals surface area contributed by atoms with Crippen LogP contribution in [0.2, 0.25) is 0 Å². The van der Waals surface area contributed by atoms with Crippen molar-refractivity contribution in [3.8, 4) is 0 Å². The van der Waals surface area contributed by atoms with Crippen molar-refractivity contribution in [3.63, 3.8) is 0 Å². The van der Waals surface area contributed by atoms with Gasteiger partial charge in [-0.15, -0.1) is 0 Å². The Morgan fingerprint density at radius 3 is 2.52 bits per heavy atom. The molecule has 2 atom stereocenters. The molecule has 1 N–H and O–H groups in total. The van der Waals surface area contributed by atoms with E-state index in [0.29, 0.717) is 12.1 Å². The molecule has 4 rings (SSSR count). The first-order valence-corrected chi connectivity index (χ1v) is 8.95. The van der Waals surface area contributed by atoms with Crippen LogP contribution >= 0.6 is 0 Å². The molecule has 2 unspecified atom stereocenters. The van der Waals surface area contributed by atoms with Gasteiger partial charge in [-0.25, -0.2) is 4.98 Å². The van der Waals surface area contributed by atoms with Crippen LogP contribution in [0.4, 0.5) is 5.82 Å². The standard InChI is InChI=1S/C18H25N3O2/c22-15-11-13-6-7-14(12-15)21(13)17-16(5-4-8-19-17)18(23)20-9-2-1-3-10-20/h4-5,8,13-15,22H,1-3,6-7,9-12H2. The zero-order valence-corrected chi connectivity index (χ0v) is 13.5. The molecule has 3 fully saturated rings. The third kappa shape index (κ3) is 2.71. The summed E-state index contributed by atoms with van der Waals surface area (Å²) in [6, 6.07) is 4.43. The highest BCUT2D eigenvalue weighted by molar-refractivity contribution is 5.99. The van der Waals surface area contributed by atoms with Gasteiger partial charge in [0.05, 0.1) is 11.7 Å². The van der Waals surface area contributed by atoms with Crippen molar-refractivity contribution in [1.29, 1.82) is 0 Å². The number of amides is 1. The first-order chi connectivity index (χ1) is 11.2. The predicted molar refractivity (Wildman–Crippen MR) is 88.5 cm³/mol. The Bertz CT molecular complexity index is 571. The van der Waals surface area contributed by atoms with Gasteiger partial charge in [0.15, 0.2) is 0 Å². The van der Waals surface area contributed by atoms with Gasteiger partial charge in [-0.3, -0.25) is 4.79 Å². The molecule has 1 aromatic rings. The fourth-order valence-corrected chi connectivity index (χ4v) is 4.53. The lowest BCUT2D eigenvalue weighted by molar-refractivity contribution is 0.0724. The topological polar surface area (TPSA) is 56.7 Å². The van der Waals surface area contributed by atoms with Crippen LogP contribution in [0.3, 0.4) is 0 Å². The van der Waals surface area contributed by atoms with Gasteiger partial charge in [0, 0.05) is 31.4 Å². The molecule has 4 heterocycles. The summed E-state index contributed by atoms with van der Waals surface area (Å²) in [6.07, 6.45) is 8.78. The second-order valence-electron chi connectivity index (χ2n) is 7.14. The third-order valence-electron chi connectivity index (χ3n) is 5.61. The maximum atomic E-state index is 13.0. The molecule has 2 bridgehead atoms. The predicted octanol–water partition coefficient (Wildman–Crippen LogP) is 2.20. The van der Waals surface area contributed by atoms with E-state index in [9.17, 15) is 9.90 Å². The molecular weight excluding hydrogens is 290 g/mol. The average Bonchev–Trinajstić information content (AvgIpc) is 2.86. The van der Waals surface area contributed by atoms with E-state index in [1.165, 1.54) is 6.42 Å². The molecular formula is C18H25N3O2. The second kappa shape index (κ2) is 6.11. The summed E-state index contributed by atoms with van der Waals surface area (Å²) < 4.78 is 0. The number of aromatic nitrogens is 1. The van der Waals surface area contributed by atoms with E-state index >= 15 is 0 Å². The molecule has 0 aliphatic carbocycles. The Kier molecular flexibility index (Phi) is 3.97. The first kappa shape index (κ1) is 14.9. The van der Waals surface area contributed by atoms with Crippen LogP contribution < -0.4 is 4.90 Å². The number of anilines is 1. The van der Waals surface area contributed by atoms with Crippen LogP contribution in [0.25, 0.3) is 0 Å². The quantitative estimate of drug-likeness (QED) is 0.909. The van der Waals surface area contributed by atoms with Gasteiger partial charge in [-0.2, -0.15) is 0 Å². The van der Waals surface area contributed by atoms with E-state index in [-0.39, 0.29) is 12.0 Å². The highest BCUT2D eigenvalue weighted by Crippen LogP contribution is 2.40. The lowest BCUT2D eigenvalue weighted by atomic mass is 9.99. The summed E-state index contributed by atoms with van der Waals surface area (Å²) in [5, 5.41) is 10.0. The van der Waals surface area contributed by atoms with Gasteiger partial charge in [0.25, 0.3) is 5.91 Å². The maximum absolute atomic E-state index is 13.0. The van der Waals surface area contributed by atoms with Crippen molar-refractivity contribution in [3.05, 3.63) is 23.9 Å². The highest BCUT2D eigenvalue weighted by atomic mass is 16.3. The van der Waals surface area contributed by atoms with Crippen LogP contribution in [0, 0.1) is 0 Å². The number of aliphatic hydroxyl groups is 1. The maximum Gasteiger partial charge on any atom is 0.257 e. The zero-order valence-electron chi connectivity index (χ0n) is 13.5.